The summed E-state index contributed by atoms with van der Waals surface area (Å²) in [5.74, 6) is 0.290. The largest absolute Gasteiger partial charge is 0.398 e. The average molecular weight is 300 g/mol. The minimum atomic E-state index is -3.69. The molecule has 6 heteroatoms. The fourth-order valence-electron chi connectivity index (χ4n) is 2.26. The van der Waals surface area contributed by atoms with E-state index in [9.17, 15) is 13.5 Å². The summed E-state index contributed by atoms with van der Waals surface area (Å²) in [7, 11) is -3.69. The van der Waals surface area contributed by atoms with Gasteiger partial charge < -0.3 is 10.8 Å². The Morgan fingerprint density at radius 1 is 1.30 bits per heavy atom. The fourth-order valence-corrected chi connectivity index (χ4v) is 4.00. The van der Waals surface area contributed by atoms with Gasteiger partial charge in [0, 0.05) is 11.7 Å². The molecule has 20 heavy (non-hydrogen) atoms. The zero-order valence-electron chi connectivity index (χ0n) is 12.5. The molecule has 0 amide bonds. The van der Waals surface area contributed by atoms with Crippen LogP contribution in [0.15, 0.2) is 17.0 Å². The lowest BCUT2D eigenvalue weighted by Gasteiger charge is -2.20. The third kappa shape index (κ3) is 3.94. The van der Waals surface area contributed by atoms with Crippen LogP contribution in [0.25, 0.3) is 0 Å². The summed E-state index contributed by atoms with van der Waals surface area (Å²) in [4.78, 5) is 0.208. The van der Waals surface area contributed by atoms with E-state index in [0.717, 1.165) is 0 Å². The van der Waals surface area contributed by atoms with E-state index in [1.165, 1.54) is 0 Å². The number of nitrogens with two attached hydrogens (primary N) is 1. The minimum Gasteiger partial charge on any atom is -0.398 e. The van der Waals surface area contributed by atoms with Crippen molar-refractivity contribution in [1.82, 2.24) is 4.72 Å². The Balaban J connectivity index is 3.14. The normalized spacial score (nSPS) is 13.7. The van der Waals surface area contributed by atoms with Crippen molar-refractivity contribution in [1.29, 1.82) is 0 Å². The highest BCUT2D eigenvalue weighted by molar-refractivity contribution is 7.89. The second-order valence-corrected chi connectivity index (χ2v) is 7.21. The maximum absolute atomic E-state index is 12.5. The van der Waals surface area contributed by atoms with Crippen LogP contribution in [0.4, 0.5) is 5.69 Å². The Kier molecular flexibility index (Phi) is 5.56. The molecule has 0 saturated carbocycles. The number of aliphatic hydroxyl groups excluding tert-OH is 1. The molecule has 1 rings (SSSR count). The highest BCUT2D eigenvalue weighted by Gasteiger charge is 2.24. The molecule has 0 heterocycles. The van der Waals surface area contributed by atoms with Gasteiger partial charge in [0.05, 0.1) is 11.5 Å². The molecule has 1 aromatic carbocycles. The van der Waals surface area contributed by atoms with Crippen LogP contribution in [-0.2, 0) is 10.0 Å². The molecule has 1 aromatic rings. The van der Waals surface area contributed by atoms with Crippen LogP contribution in [0.5, 0.6) is 0 Å². The second kappa shape index (κ2) is 6.56. The number of rotatable bonds is 6. The SMILES string of the molecule is Cc1ccc(N)c(C)c1S(=O)(=O)NC(CO)CC(C)C. The first-order valence-corrected chi connectivity index (χ1v) is 8.16. The number of aryl methyl sites for hydroxylation is 1. The van der Waals surface area contributed by atoms with Crippen molar-refractivity contribution in [2.75, 3.05) is 12.3 Å². The number of nitrogens with one attached hydrogen (secondary N) is 1. The fraction of sp³-hybridized carbons (Fsp3) is 0.571. The van der Waals surface area contributed by atoms with Gasteiger partial charge in [-0.15, -0.1) is 0 Å². The van der Waals surface area contributed by atoms with Crippen molar-refractivity contribution in [2.24, 2.45) is 5.92 Å². The molecule has 0 aliphatic carbocycles. The smallest absolute Gasteiger partial charge is 0.241 e. The molecule has 5 nitrogen and oxygen atoms in total. The molecule has 0 bridgehead atoms. The van der Waals surface area contributed by atoms with Gasteiger partial charge in [0.15, 0.2) is 0 Å². The van der Waals surface area contributed by atoms with E-state index in [-0.39, 0.29) is 17.4 Å². The van der Waals surface area contributed by atoms with Gasteiger partial charge in [0.1, 0.15) is 0 Å². The highest BCUT2D eigenvalue weighted by Crippen LogP contribution is 2.25. The topological polar surface area (TPSA) is 92.4 Å². The summed E-state index contributed by atoms with van der Waals surface area (Å²) in [5.41, 5.74) is 7.42. The molecular weight excluding hydrogens is 276 g/mol. The highest BCUT2D eigenvalue weighted by atomic mass is 32.2. The van der Waals surface area contributed by atoms with Crippen molar-refractivity contribution in [3.63, 3.8) is 0 Å². The van der Waals surface area contributed by atoms with E-state index in [2.05, 4.69) is 4.72 Å². The van der Waals surface area contributed by atoms with Crippen molar-refractivity contribution < 1.29 is 13.5 Å². The number of hydrogen-bond donors (Lipinski definition) is 3. The molecule has 0 radical (unpaired) electrons. The van der Waals surface area contributed by atoms with Crippen molar-refractivity contribution in [3.8, 4) is 0 Å². The van der Waals surface area contributed by atoms with Gasteiger partial charge in [-0.25, -0.2) is 13.1 Å². The molecule has 0 aliphatic rings. The first-order valence-electron chi connectivity index (χ1n) is 6.68. The number of benzene rings is 1. The zero-order valence-corrected chi connectivity index (χ0v) is 13.3. The number of aliphatic hydroxyl groups is 1. The van der Waals surface area contributed by atoms with Crippen LogP contribution in [0.1, 0.15) is 31.4 Å². The molecule has 114 valence electrons. The van der Waals surface area contributed by atoms with E-state index in [0.29, 0.717) is 23.2 Å². The van der Waals surface area contributed by atoms with Crippen molar-refractivity contribution in [2.45, 2.75) is 45.1 Å². The van der Waals surface area contributed by atoms with Crippen LogP contribution < -0.4 is 10.5 Å². The van der Waals surface area contributed by atoms with Crippen LogP contribution >= 0.6 is 0 Å². The number of anilines is 1. The Morgan fingerprint density at radius 3 is 2.40 bits per heavy atom. The molecule has 1 unspecified atom stereocenters. The molecule has 0 spiro atoms. The minimum absolute atomic E-state index is 0.208. The predicted molar refractivity (Wildman–Crippen MR) is 81.0 cm³/mol. The molecule has 4 N–H and O–H groups in total. The van der Waals surface area contributed by atoms with Gasteiger partial charge in [-0.3, -0.25) is 0 Å². The van der Waals surface area contributed by atoms with Crippen molar-refractivity contribution in [3.05, 3.63) is 23.3 Å². The standard InChI is InChI=1S/C14H24N2O3S/c1-9(2)7-12(8-17)16-20(18,19)14-10(3)5-6-13(15)11(14)4/h5-6,9,12,16-17H,7-8,15H2,1-4H3. The maximum Gasteiger partial charge on any atom is 0.241 e. The van der Waals surface area contributed by atoms with Gasteiger partial charge in [-0.05, 0) is 43.4 Å². The van der Waals surface area contributed by atoms with Gasteiger partial charge >= 0.3 is 0 Å². The summed E-state index contributed by atoms with van der Waals surface area (Å²) in [6.07, 6.45) is 0.580. The maximum atomic E-state index is 12.5. The molecule has 0 saturated heterocycles. The van der Waals surface area contributed by atoms with Gasteiger partial charge in [0.2, 0.25) is 10.0 Å². The third-order valence-electron chi connectivity index (χ3n) is 3.21. The van der Waals surface area contributed by atoms with E-state index >= 15 is 0 Å². The summed E-state index contributed by atoms with van der Waals surface area (Å²) in [5, 5.41) is 9.33. The van der Waals surface area contributed by atoms with Gasteiger partial charge in [0.25, 0.3) is 0 Å². The Bertz CT molecular complexity index is 568. The third-order valence-corrected chi connectivity index (χ3v) is 5.02. The molecule has 0 aromatic heterocycles. The van der Waals surface area contributed by atoms with E-state index in [1.807, 2.05) is 13.8 Å². The second-order valence-electron chi connectivity index (χ2n) is 5.56. The van der Waals surface area contributed by atoms with E-state index < -0.39 is 16.1 Å². The van der Waals surface area contributed by atoms with Gasteiger partial charge in [-0.2, -0.15) is 0 Å². The van der Waals surface area contributed by atoms with Crippen molar-refractivity contribution >= 4 is 15.7 Å². The van der Waals surface area contributed by atoms with Crippen LogP contribution in [0, 0.1) is 19.8 Å². The lowest BCUT2D eigenvalue weighted by atomic mass is 10.1. The number of nitrogen functional groups attached to an aromatic ring is 1. The van der Waals surface area contributed by atoms with E-state index in [1.54, 1.807) is 26.0 Å². The Hall–Kier alpha value is -1.11. The lowest BCUT2D eigenvalue weighted by molar-refractivity contribution is 0.240. The number of hydrogen-bond acceptors (Lipinski definition) is 4. The van der Waals surface area contributed by atoms with Crippen LogP contribution in [0.3, 0.4) is 0 Å². The summed E-state index contributed by atoms with van der Waals surface area (Å²) in [6.45, 7) is 7.16. The molecule has 1 atom stereocenters. The quantitative estimate of drug-likeness (QED) is 0.695. The van der Waals surface area contributed by atoms with Gasteiger partial charge in [-0.1, -0.05) is 19.9 Å². The lowest BCUT2D eigenvalue weighted by Crippen LogP contribution is -2.39. The molecular formula is C14H24N2O3S. The summed E-state index contributed by atoms with van der Waals surface area (Å²) in [6, 6.07) is 2.90. The number of sulfonamides is 1. The molecule has 0 aliphatic heterocycles. The van der Waals surface area contributed by atoms with Crippen LogP contribution in [0.2, 0.25) is 0 Å². The molecule has 0 fully saturated rings. The Labute approximate surface area is 121 Å². The zero-order chi connectivity index (χ0) is 15.5. The first kappa shape index (κ1) is 16.9. The summed E-state index contributed by atoms with van der Waals surface area (Å²) >= 11 is 0. The van der Waals surface area contributed by atoms with E-state index in [4.69, 9.17) is 5.73 Å². The predicted octanol–water partition coefficient (Wildman–Crippen LogP) is 1.57. The van der Waals surface area contributed by atoms with Crippen LogP contribution in [-0.4, -0.2) is 26.2 Å². The Morgan fingerprint density at radius 2 is 1.90 bits per heavy atom. The first-order chi connectivity index (χ1) is 9.19. The summed E-state index contributed by atoms with van der Waals surface area (Å²) < 4.78 is 27.6. The average Bonchev–Trinajstić information content (AvgIpc) is 2.32. The monoisotopic (exact) mass is 300 g/mol.